The molecule has 2 saturated heterocycles. The number of benzene rings is 3. The Labute approximate surface area is 756 Å². The van der Waals surface area contributed by atoms with E-state index in [1.54, 1.807) is 58.0 Å². The van der Waals surface area contributed by atoms with Gasteiger partial charge in [-0.15, -0.1) is 0 Å². The summed E-state index contributed by atoms with van der Waals surface area (Å²) in [5, 5.41) is 29.5. The number of nitrogens with one attached hydrogen (secondary N) is 10. The van der Waals surface area contributed by atoms with E-state index in [1.165, 1.54) is 63.8 Å². The fraction of sp³-hybridized carbons (Fsp3) is 0.539. The van der Waals surface area contributed by atoms with Crippen molar-refractivity contribution in [2.75, 3.05) is 255 Å². The van der Waals surface area contributed by atoms with Crippen LogP contribution in [0.1, 0.15) is 110 Å². The molecule has 0 bridgehead atoms. The van der Waals surface area contributed by atoms with Crippen molar-refractivity contribution in [1.82, 2.24) is 64.6 Å². The number of anilines is 6. The van der Waals surface area contributed by atoms with Gasteiger partial charge in [-0.05, 0) is 123 Å². The first-order valence-electron chi connectivity index (χ1n) is 43.9. The highest BCUT2D eigenvalue weighted by atomic mass is 35.5. The van der Waals surface area contributed by atoms with E-state index in [0.717, 1.165) is 86.2 Å². The van der Waals surface area contributed by atoms with E-state index < -0.39 is 29.5 Å². The maximum Gasteiger partial charge on any atom is 0.291 e. The van der Waals surface area contributed by atoms with Crippen molar-refractivity contribution in [1.29, 1.82) is 0 Å². The molecule has 3 aromatic carbocycles. The molecule has 7 heterocycles. The Morgan fingerprint density at radius 3 is 1.36 bits per heavy atom. The minimum atomic E-state index is -0.621. The molecule has 9 amide bonds. The largest absolute Gasteiger partial charge is 0.378 e. The first-order chi connectivity index (χ1) is 62.6. The second-order valence-electron chi connectivity index (χ2n) is 31.2. The number of ether oxygens (including phenoxy) is 11. The number of halogens is 1. The van der Waals surface area contributed by atoms with Crippen molar-refractivity contribution in [2.45, 2.75) is 58.0 Å². The van der Waals surface area contributed by atoms with E-state index in [1.807, 2.05) is 53.4 Å². The number of amides is 9. The summed E-state index contributed by atoms with van der Waals surface area (Å²) in [6.45, 7) is 20.7. The number of imidazole rings is 2. The van der Waals surface area contributed by atoms with Crippen LogP contribution in [-0.4, -0.2) is 321 Å². The zero-order valence-electron chi connectivity index (χ0n) is 74.7. The third-order valence-electron chi connectivity index (χ3n) is 21.3. The number of aromatic nitrogens is 6. The van der Waals surface area contributed by atoms with Gasteiger partial charge >= 0.3 is 0 Å². The normalized spacial score (nSPS) is 14.8. The van der Waals surface area contributed by atoms with Crippen molar-refractivity contribution < 1.29 is 95.3 Å². The first kappa shape index (κ1) is 101. The predicted molar refractivity (Wildman–Crippen MR) is 484 cm³/mol. The van der Waals surface area contributed by atoms with E-state index >= 15 is 0 Å². The predicted octanol–water partition coefficient (Wildman–Crippen LogP) is 5.12. The lowest BCUT2D eigenvalue weighted by molar-refractivity contribution is -0.126. The molecule has 40 heteroatoms. The number of hydrogen-bond acceptors (Lipinski definition) is 26. The standard InChI is InChI=1S/C89H126ClN19O20/c1-63-53-74(96-70-14-12-69(90)13-15-70)73-54-68(11-16-75(73)109(63)64(2)110)66-7-9-67(10-8-66)85(114)94-25-32-119-35-38-122-41-43-124-45-47-126-49-50-127-48-46-125-44-42-123-39-36-120-33-26-95-87(116)77-56-72(59-104(77)4)98-89(118)84-102-79(61-106(84)6)100-81(112)20-24-93-86(115)76-55-71(58-103(76)3)97-88(117)83-101-78(60-105(83)5)99-80(111)19-23-92-82(113)62-129-52-51-128-40-37-121-34-31-107-27-29-108(30-28-107)57-65-17-21-91-22-18-65/h7-16,54-56,58-61,63,65,74,91,96H,17-53,57,62H2,1-6H3,(H,92,113)(H,93,115)(H,94,114)(H,95,116)(H,97,117)(H,98,118)(H,99,111)(H,100,112)/t63-,74?/m0/s1. The van der Waals surface area contributed by atoms with Gasteiger partial charge in [0.05, 0.1) is 156 Å². The molecule has 2 fully saturated rings. The summed E-state index contributed by atoms with van der Waals surface area (Å²) < 4.78 is 67.4. The lowest BCUT2D eigenvalue weighted by atomic mass is 9.88. The molecule has 10 rings (SSSR count). The average Bonchev–Trinajstić information content (AvgIpc) is 1.14. The second-order valence-corrected chi connectivity index (χ2v) is 31.7. The van der Waals surface area contributed by atoms with Crippen LogP contribution in [0.3, 0.4) is 0 Å². The fourth-order valence-corrected chi connectivity index (χ4v) is 14.8. The van der Waals surface area contributed by atoms with E-state index in [4.69, 9.17) is 63.7 Å². The molecule has 0 radical (unpaired) electrons. The molecule has 4 aromatic heterocycles. The molecule has 704 valence electrons. The third kappa shape index (κ3) is 34.7. The van der Waals surface area contributed by atoms with Gasteiger partial charge in [0.25, 0.3) is 29.5 Å². The SMILES string of the molecule is CC(=O)N1c2ccc(-c3ccc(C(=O)NCCOCCOCCOCCOCCOCCOCCOCCOCCNC(=O)c4cc(NC(=O)c5nc(NC(=O)CCNC(=O)c6cc(NC(=O)c7nc(NC(=O)CCNC(=O)COCCOCCOCCN8CCN(CC9CCNCC9)CC8)cn7C)cn6C)cn5C)cn4C)cc3)cc2C(Nc2ccc(Cl)cc2)C[C@@H]1C. The molecule has 1 unspecified atom stereocenters. The molecule has 3 aliphatic heterocycles. The Morgan fingerprint density at radius 2 is 0.868 bits per heavy atom. The Bertz CT molecular complexity index is 4680. The van der Waals surface area contributed by atoms with Crippen LogP contribution in [0.2, 0.25) is 5.02 Å². The number of rotatable bonds is 58. The molecular formula is C89H126ClN19O20. The number of carbonyl (C=O) groups is 9. The highest BCUT2D eigenvalue weighted by Crippen LogP contribution is 2.41. The average molecular weight is 1820 g/mol. The summed E-state index contributed by atoms with van der Waals surface area (Å²) in [5.41, 5.74) is 6.36. The maximum atomic E-state index is 13.4. The van der Waals surface area contributed by atoms with Crippen molar-refractivity contribution in [3.63, 3.8) is 0 Å². The van der Waals surface area contributed by atoms with Gasteiger partial charge in [-0.3, -0.25) is 48.1 Å². The third-order valence-corrected chi connectivity index (χ3v) is 21.6. The molecule has 10 N–H and O–H groups in total. The fourth-order valence-electron chi connectivity index (χ4n) is 14.7. The highest BCUT2D eigenvalue weighted by molar-refractivity contribution is 6.30. The number of carbonyl (C=O) groups excluding carboxylic acids is 9. The summed E-state index contributed by atoms with van der Waals surface area (Å²) in [7, 11) is 6.42. The van der Waals surface area contributed by atoms with Gasteiger partial charge < -0.3 is 133 Å². The summed E-state index contributed by atoms with van der Waals surface area (Å²) in [5.74, 6) is -2.73. The van der Waals surface area contributed by atoms with Crippen molar-refractivity contribution in [3.05, 3.63) is 143 Å². The monoisotopic (exact) mass is 1820 g/mol. The molecule has 39 nitrogen and oxygen atoms in total. The second kappa shape index (κ2) is 54.8. The van der Waals surface area contributed by atoms with E-state index in [9.17, 15) is 43.2 Å². The van der Waals surface area contributed by atoms with Gasteiger partial charge in [0.1, 0.15) is 18.0 Å². The molecular weight excluding hydrogens is 1690 g/mol. The summed E-state index contributed by atoms with van der Waals surface area (Å²) in [6.07, 6.45) is 9.08. The first-order valence-corrected chi connectivity index (χ1v) is 44.3. The number of nitrogens with zero attached hydrogens (tertiary/aromatic N) is 9. The van der Waals surface area contributed by atoms with Crippen LogP contribution in [0.25, 0.3) is 11.1 Å². The van der Waals surface area contributed by atoms with Gasteiger partial charge in [-0.25, -0.2) is 9.97 Å². The van der Waals surface area contributed by atoms with Crippen LogP contribution in [0.15, 0.2) is 104 Å². The smallest absolute Gasteiger partial charge is 0.291 e. The Balaban J connectivity index is 0.471. The summed E-state index contributed by atoms with van der Waals surface area (Å²) in [4.78, 5) is 132. The molecule has 3 aliphatic rings. The van der Waals surface area contributed by atoms with Gasteiger partial charge in [0, 0.05) is 166 Å². The highest BCUT2D eigenvalue weighted by Gasteiger charge is 2.34. The van der Waals surface area contributed by atoms with Crippen LogP contribution in [0.5, 0.6) is 0 Å². The quantitative estimate of drug-likeness (QED) is 0.0221. The zero-order chi connectivity index (χ0) is 91.5. The number of fused-ring (bicyclic) bond motifs is 1. The topological polar surface area (TPSA) is 431 Å². The van der Waals surface area contributed by atoms with Crippen molar-refractivity contribution in [2.24, 2.45) is 34.1 Å². The van der Waals surface area contributed by atoms with Crippen molar-refractivity contribution >= 4 is 99.2 Å². The van der Waals surface area contributed by atoms with Crippen LogP contribution >= 0.6 is 11.6 Å². The maximum absolute atomic E-state index is 13.4. The van der Waals surface area contributed by atoms with Crippen LogP contribution < -0.4 is 58.1 Å². The van der Waals surface area contributed by atoms with E-state index in [2.05, 4.69) is 85.9 Å². The van der Waals surface area contributed by atoms with Gasteiger partial charge in [0.2, 0.25) is 35.3 Å². The minimum Gasteiger partial charge on any atom is -0.378 e. The molecule has 0 aliphatic carbocycles. The number of aryl methyl sites for hydroxylation is 4. The molecule has 2 atom stereocenters. The lowest BCUT2D eigenvalue weighted by Crippen LogP contribution is -2.49. The Kier molecular flexibility index (Phi) is 42.7. The zero-order valence-corrected chi connectivity index (χ0v) is 75.4. The number of piperidine rings is 1. The number of piperazine rings is 1. The van der Waals surface area contributed by atoms with Crippen LogP contribution in [0, 0.1) is 5.92 Å². The van der Waals surface area contributed by atoms with Crippen LogP contribution in [-0.2, 0) is 99.5 Å². The summed E-state index contributed by atoms with van der Waals surface area (Å²) in [6, 6.07) is 24.1. The van der Waals surface area contributed by atoms with Crippen molar-refractivity contribution in [3.8, 4) is 11.1 Å². The molecule has 0 spiro atoms. The Morgan fingerprint density at radius 1 is 0.434 bits per heavy atom. The molecule has 7 aromatic rings. The lowest BCUT2D eigenvalue weighted by Gasteiger charge is -2.39. The van der Waals surface area contributed by atoms with E-state index in [-0.39, 0.29) is 128 Å². The van der Waals surface area contributed by atoms with Gasteiger partial charge in [0.15, 0.2) is 11.6 Å². The molecule has 129 heavy (non-hydrogen) atoms. The molecule has 0 saturated carbocycles. The number of hydrogen-bond donors (Lipinski definition) is 10. The van der Waals surface area contributed by atoms with Gasteiger partial charge in [-0.1, -0.05) is 29.8 Å². The Hall–Kier alpha value is -10.6. The minimum absolute atomic E-state index is 0.00579. The summed E-state index contributed by atoms with van der Waals surface area (Å²) >= 11 is 6.14. The van der Waals surface area contributed by atoms with E-state index in [0.29, 0.717) is 148 Å². The van der Waals surface area contributed by atoms with Gasteiger partial charge in [-0.2, -0.15) is 0 Å². The van der Waals surface area contributed by atoms with Crippen LogP contribution in [0.4, 0.5) is 34.4 Å².